The number of likely N-dealkylation sites (tertiary alicyclic amines) is 1. The fraction of sp³-hybridized carbons (Fsp3) is 0.412. The summed E-state index contributed by atoms with van der Waals surface area (Å²) in [6.45, 7) is 5.43. The SMILES string of the molecule is Cc1csc([C@H]2CCCN(C(=O)c3cnn4ccc(C)nc34)C2)n1. The van der Waals surface area contributed by atoms with Gasteiger partial charge in [-0.05, 0) is 32.8 Å². The van der Waals surface area contributed by atoms with Crippen LogP contribution in [0.3, 0.4) is 0 Å². The van der Waals surface area contributed by atoms with Crippen LogP contribution >= 0.6 is 11.3 Å². The van der Waals surface area contributed by atoms with Crippen molar-refractivity contribution in [3.63, 3.8) is 0 Å². The van der Waals surface area contributed by atoms with Crippen LogP contribution in [0.25, 0.3) is 5.65 Å². The Balaban J connectivity index is 1.60. The Morgan fingerprint density at radius 1 is 1.29 bits per heavy atom. The van der Waals surface area contributed by atoms with Crippen LogP contribution in [0.4, 0.5) is 0 Å². The van der Waals surface area contributed by atoms with Gasteiger partial charge in [0.25, 0.3) is 5.91 Å². The van der Waals surface area contributed by atoms with Gasteiger partial charge in [0.2, 0.25) is 0 Å². The number of rotatable bonds is 2. The van der Waals surface area contributed by atoms with Gasteiger partial charge in [0.1, 0.15) is 5.56 Å². The number of aromatic nitrogens is 4. The summed E-state index contributed by atoms with van der Waals surface area (Å²) in [6, 6.07) is 1.88. The molecule has 0 aliphatic carbocycles. The molecule has 0 bridgehead atoms. The molecule has 1 atom stereocenters. The fourth-order valence-corrected chi connectivity index (χ4v) is 4.13. The summed E-state index contributed by atoms with van der Waals surface area (Å²) >= 11 is 1.69. The van der Waals surface area contributed by atoms with Gasteiger partial charge in [0, 0.05) is 42.0 Å². The number of carbonyl (C=O) groups excluding carboxylic acids is 1. The van der Waals surface area contributed by atoms with Gasteiger partial charge in [-0.2, -0.15) is 5.10 Å². The molecule has 0 radical (unpaired) electrons. The molecule has 0 saturated carbocycles. The van der Waals surface area contributed by atoms with E-state index in [1.54, 1.807) is 22.0 Å². The molecule has 0 N–H and O–H groups in total. The predicted molar refractivity (Wildman–Crippen MR) is 92.5 cm³/mol. The lowest BCUT2D eigenvalue weighted by Gasteiger charge is -2.31. The van der Waals surface area contributed by atoms with E-state index < -0.39 is 0 Å². The van der Waals surface area contributed by atoms with Crippen LogP contribution in [0.5, 0.6) is 0 Å². The second-order valence-electron chi connectivity index (χ2n) is 6.31. The second kappa shape index (κ2) is 5.98. The van der Waals surface area contributed by atoms with Gasteiger partial charge in [-0.1, -0.05) is 0 Å². The molecular weight excluding hydrogens is 322 g/mol. The minimum atomic E-state index is 0.0149. The smallest absolute Gasteiger partial charge is 0.259 e. The molecule has 0 spiro atoms. The Hall–Kier alpha value is -2.28. The standard InChI is InChI=1S/C17H19N5OS/c1-11-5-7-22-15(19-11)14(8-18-22)17(23)21-6-3-4-13(9-21)16-20-12(2)10-24-16/h5,7-8,10,13H,3-4,6,9H2,1-2H3/t13-/m0/s1. The summed E-state index contributed by atoms with van der Waals surface area (Å²) in [5, 5.41) is 7.47. The van der Waals surface area contributed by atoms with Crippen LogP contribution in [0.2, 0.25) is 0 Å². The number of carbonyl (C=O) groups is 1. The number of nitrogens with zero attached hydrogens (tertiary/aromatic N) is 5. The lowest BCUT2D eigenvalue weighted by atomic mass is 9.98. The zero-order valence-electron chi connectivity index (χ0n) is 13.8. The van der Waals surface area contributed by atoms with E-state index in [1.165, 1.54) is 0 Å². The molecule has 1 amide bonds. The number of piperidine rings is 1. The van der Waals surface area contributed by atoms with Crippen LogP contribution in [-0.2, 0) is 0 Å². The van der Waals surface area contributed by atoms with E-state index in [0.717, 1.165) is 42.3 Å². The van der Waals surface area contributed by atoms with E-state index in [2.05, 4.69) is 20.4 Å². The van der Waals surface area contributed by atoms with Crippen molar-refractivity contribution in [2.45, 2.75) is 32.6 Å². The Bertz CT molecular complexity index is 899. The maximum atomic E-state index is 13.0. The molecule has 0 unspecified atom stereocenters. The lowest BCUT2D eigenvalue weighted by Crippen LogP contribution is -2.39. The van der Waals surface area contributed by atoms with Crippen LogP contribution < -0.4 is 0 Å². The highest BCUT2D eigenvalue weighted by molar-refractivity contribution is 7.09. The van der Waals surface area contributed by atoms with Crippen LogP contribution in [0.1, 0.15) is 45.5 Å². The summed E-state index contributed by atoms with van der Waals surface area (Å²) in [6.07, 6.45) is 5.55. The number of amides is 1. The van der Waals surface area contributed by atoms with E-state index in [4.69, 9.17) is 0 Å². The van der Waals surface area contributed by atoms with Gasteiger partial charge in [-0.25, -0.2) is 14.5 Å². The average Bonchev–Trinajstić information content (AvgIpc) is 3.20. The lowest BCUT2D eigenvalue weighted by molar-refractivity contribution is 0.0709. The average molecular weight is 341 g/mol. The normalized spacial score (nSPS) is 18.2. The van der Waals surface area contributed by atoms with Gasteiger partial charge in [0.15, 0.2) is 5.65 Å². The molecular formula is C17H19N5OS. The molecule has 3 aromatic heterocycles. The molecule has 6 nitrogen and oxygen atoms in total. The predicted octanol–water partition coefficient (Wildman–Crippen LogP) is 2.82. The van der Waals surface area contributed by atoms with E-state index in [0.29, 0.717) is 17.1 Å². The van der Waals surface area contributed by atoms with E-state index >= 15 is 0 Å². The van der Waals surface area contributed by atoms with Gasteiger partial charge < -0.3 is 4.90 Å². The Labute approximate surface area is 144 Å². The van der Waals surface area contributed by atoms with E-state index in [1.807, 2.05) is 31.0 Å². The monoisotopic (exact) mass is 341 g/mol. The zero-order valence-corrected chi connectivity index (χ0v) is 14.6. The Morgan fingerprint density at radius 3 is 2.96 bits per heavy atom. The highest BCUT2D eigenvalue weighted by Gasteiger charge is 2.28. The molecule has 4 heterocycles. The molecule has 24 heavy (non-hydrogen) atoms. The number of fused-ring (bicyclic) bond motifs is 1. The van der Waals surface area contributed by atoms with Gasteiger partial charge in [-0.3, -0.25) is 4.79 Å². The highest BCUT2D eigenvalue weighted by atomic mass is 32.1. The van der Waals surface area contributed by atoms with Crippen molar-refractivity contribution >= 4 is 22.9 Å². The van der Waals surface area contributed by atoms with Crippen molar-refractivity contribution < 1.29 is 4.79 Å². The van der Waals surface area contributed by atoms with Crippen LogP contribution in [-0.4, -0.2) is 43.5 Å². The van der Waals surface area contributed by atoms with Gasteiger partial charge >= 0.3 is 0 Å². The molecule has 124 valence electrons. The number of aryl methyl sites for hydroxylation is 2. The first-order valence-corrected chi connectivity index (χ1v) is 9.02. The number of hydrogen-bond acceptors (Lipinski definition) is 5. The van der Waals surface area contributed by atoms with Crippen LogP contribution in [0, 0.1) is 13.8 Å². The Morgan fingerprint density at radius 2 is 2.17 bits per heavy atom. The molecule has 0 aromatic carbocycles. The third-order valence-electron chi connectivity index (χ3n) is 4.43. The zero-order chi connectivity index (χ0) is 16.7. The Kier molecular flexibility index (Phi) is 3.80. The summed E-state index contributed by atoms with van der Waals surface area (Å²) in [5.74, 6) is 0.346. The summed E-state index contributed by atoms with van der Waals surface area (Å²) in [7, 11) is 0. The number of thiazole rings is 1. The minimum absolute atomic E-state index is 0.0149. The molecule has 7 heteroatoms. The molecule has 4 rings (SSSR count). The van der Waals surface area contributed by atoms with Gasteiger partial charge in [0.05, 0.1) is 11.2 Å². The van der Waals surface area contributed by atoms with Crippen molar-refractivity contribution in [1.82, 2.24) is 24.5 Å². The maximum Gasteiger partial charge on any atom is 0.259 e. The first-order chi connectivity index (χ1) is 11.6. The molecule has 1 aliphatic rings. The van der Waals surface area contributed by atoms with Crippen LogP contribution in [0.15, 0.2) is 23.8 Å². The van der Waals surface area contributed by atoms with E-state index in [-0.39, 0.29) is 5.91 Å². The van der Waals surface area contributed by atoms with E-state index in [9.17, 15) is 4.79 Å². The molecule has 3 aromatic rings. The van der Waals surface area contributed by atoms with Crippen molar-refractivity contribution in [3.05, 3.63) is 45.8 Å². The van der Waals surface area contributed by atoms with Crippen molar-refractivity contribution in [2.75, 3.05) is 13.1 Å². The number of hydrogen-bond donors (Lipinski definition) is 0. The fourth-order valence-electron chi connectivity index (χ4n) is 3.20. The molecule has 1 saturated heterocycles. The first kappa shape index (κ1) is 15.3. The summed E-state index contributed by atoms with van der Waals surface area (Å²) in [4.78, 5) is 24.0. The van der Waals surface area contributed by atoms with Crippen molar-refractivity contribution in [3.8, 4) is 0 Å². The van der Waals surface area contributed by atoms with Gasteiger partial charge in [-0.15, -0.1) is 11.3 Å². The third kappa shape index (κ3) is 2.69. The van der Waals surface area contributed by atoms with Crippen molar-refractivity contribution in [2.24, 2.45) is 0 Å². The summed E-state index contributed by atoms with van der Waals surface area (Å²) < 4.78 is 1.66. The first-order valence-electron chi connectivity index (χ1n) is 8.14. The largest absolute Gasteiger partial charge is 0.338 e. The minimum Gasteiger partial charge on any atom is -0.338 e. The molecule has 1 aliphatic heterocycles. The second-order valence-corrected chi connectivity index (χ2v) is 7.20. The summed E-state index contributed by atoms with van der Waals surface area (Å²) in [5.41, 5.74) is 3.15. The van der Waals surface area contributed by atoms with Crippen molar-refractivity contribution in [1.29, 1.82) is 0 Å². The molecule has 1 fully saturated rings. The highest BCUT2D eigenvalue weighted by Crippen LogP contribution is 2.30. The topological polar surface area (TPSA) is 63.4 Å². The quantitative estimate of drug-likeness (QED) is 0.719. The third-order valence-corrected chi connectivity index (χ3v) is 5.56. The maximum absolute atomic E-state index is 13.0.